The van der Waals surface area contributed by atoms with Crippen molar-refractivity contribution in [1.82, 2.24) is 9.96 Å². The molecule has 1 saturated heterocycles. The topological polar surface area (TPSA) is 60.9 Å². The van der Waals surface area contributed by atoms with Crippen LogP contribution in [0.5, 0.6) is 0 Å². The summed E-state index contributed by atoms with van der Waals surface area (Å²) in [4.78, 5) is 25.9. The van der Waals surface area contributed by atoms with Gasteiger partial charge in [0.15, 0.2) is 6.17 Å². The van der Waals surface area contributed by atoms with E-state index in [0.29, 0.717) is 14.4 Å². The molecule has 1 fully saturated rings. The molecule has 24 heavy (non-hydrogen) atoms. The Balaban J connectivity index is 2.05. The fourth-order valence-electron chi connectivity index (χ4n) is 2.49. The van der Waals surface area contributed by atoms with Gasteiger partial charge in [0, 0.05) is 9.85 Å². The van der Waals surface area contributed by atoms with E-state index in [2.05, 4.69) is 15.9 Å². The van der Waals surface area contributed by atoms with Gasteiger partial charge in [0.2, 0.25) is 0 Å². The van der Waals surface area contributed by atoms with E-state index >= 15 is 0 Å². The number of benzene rings is 1. The lowest BCUT2D eigenvalue weighted by Crippen LogP contribution is -2.35. The Hall–Kier alpha value is -1.84. The second-order valence-corrected chi connectivity index (χ2v) is 7.12. The number of nitrogens with zero attached hydrogens (tertiary/aromatic N) is 2. The number of thiophene rings is 1. The second kappa shape index (κ2) is 6.23. The predicted octanol–water partition coefficient (Wildman–Crippen LogP) is 3.47. The third kappa shape index (κ3) is 2.72. The number of hydroxylamine groups is 2. The molecule has 1 aromatic heterocycles. The summed E-state index contributed by atoms with van der Waals surface area (Å²) in [6, 6.07) is 3.85. The largest absolute Gasteiger partial charge is 0.302 e. The first-order chi connectivity index (χ1) is 11.3. The fourth-order valence-corrected chi connectivity index (χ4v) is 4.03. The van der Waals surface area contributed by atoms with E-state index in [-0.39, 0.29) is 5.56 Å². The van der Waals surface area contributed by atoms with Crippen LogP contribution in [0, 0.1) is 18.6 Å². The Bertz CT molecular complexity index is 842. The molecular formula is C15H11BrF2N2O3S. The standard InChI is InChI=1S/C15H11BrF2N2O3S/c1-7-2-3-9(17)12(13(7)18)15(22)19-5-11(21)20(23)14(19)10-4-8(16)6-24-10/h2-4,6,14,23H,5H2,1H3. The van der Waals surface area contributed by atoms with E-state index in [0.717, 1.165) is 11.0 Å². The number of amides is 2. The summed E-state index contributed by atoms with van der Waals surface area (Å²) in [5.41, 5.74) is -0.625. The Kier molecular flexibility index (Phi) is 4.41. The van der Waals surface area contributed by atoms with Crippen LogP contribution < -0.4 is 0 Å². The molecule has 1 aromatic carbocycles. The van der Waals surface area contributed by atoms with Gasteiger partial charge < -0.3 is 4.90 Å². The average molecular weight is 417 g/mol. The van der Waals surface area contributed by atoms with Gasteiger partial charge in [-0.3, -0.25) is 14.8 Å². The molecule has 2 amide bonds. The summed E-state index contributed by atoms with van der Waals surface area (Å²) >= 11 is 4.45. The number of hydrogen-bond acceptors (Lipinski definition) is 4. The third-order valence-corrected chi connectivity index (χ3v) is 5.42. The molecule has 0 radical (unpaired) electrons. The number of hydrogen-bond donors (Lipinski definition) is 1. The minimum Gasteiger partial charge on any atom is -0.302 e. The molecule has 2 heterocycles. The van der Waals surface area contributed by atoms with Crippen molar-refractivity contribution in [2.45, 2.75) is 13.1 Å². The van der Waals surface area contributed by atoms with Gasteiger partial charge in [0.05, 0.1) is 4.88 Å². The monoisotopic (exact) mass is 416 g/mol. The SMILES string of the molecule is Cc1ccc(F)c(C(=O)N2CC(=O)N(O)C2c2cc(Br)cs2)c1F. The van der Waals surface area contributed by atoms with Crippen LogP contribution in [0.25, 0.3) is 0 Å². The maximum Gasteiger partial charge on any atom is 0.268 e. The Morgan fingerprint density at radius 1 is 1.42 bits per heavy atom. The molecule has 1 atom stereocenters. The van der Waals surface area contributed by atoms with Crippen molar-refractivity contribution < 1.29 is 23.6 Å². The number of halogens is 3. The highest BCUT2D eigenvalue weighted by atomic mass is 79.9. The van der Waals surface area contributed by atoms with Crippen molar-refractivity contribution in [3.8, 4) is 0 Å². The number of carbonyl (C=O) groups excluding carboxylic acids is 2. The van der Waals surface area contributed by atoms with Gasteiger partial charge in [-0.15, -0.1) is 11.3 Å². The number of rotatable bonds is 2. The van der Waals surface area contributed by atoms with Crippen molar-refractivity contribution in [3.05, 3.63) is 55.7 Å². The lowest BCUT2D eigenvalue weighted by atomic mass is 10.1. The third-order valence-electron chi connectivity index (χ3n) is 3.69. The molecule has 5 nitrogen and oxygen atoms in total. The molecule has 1 N–H and O–H groups in total. The summed E-state index contributed by atoms with van der Waals surface area (Å²) in [7, 11) is 0. The molecule has 126 valence electrons. The summed E-state index contributed by atoms with van der Waals surface area (Å²) in [5, 5.41) is 12.1. The first-order valence-corrected chi connectivity index (χ1v) is 8.49. The van der Waals surface area contributed by atoms with Crippen LogP contribution in [-0.4, -0.2) is 33.5 Å². The fraction of sp³-hybridized carbons (Fsp3) is 0.200. The van der Waals surface area contributed by atoms with Crippen LogP contribution in [0.3, 0.4) is 0 Å². The zero-order valence-electron chi connectivity index (χ0n) is 12.3. The normalized spacial score (nSPS) is 17.7. The lowest BCUT2D eigenvalue weighted by Gasteiger charge is -2.25. The maximum absolute atomic E-state index is 14.2. The van der Waals surface area contributed by atoms with Crippen molar-refractivity contribution >= 4 is 39.1 Å². The molecule has 9 heteroatoms. The van der Waals surface area contributed by atoms with E-state index in [4.69, 9.17) is 0 Å². The first-order valence-electron chi connectivity index (χ1n) is 6.81. The minimum absolute atomic E-state index is 0.113. The minimum atomic E-state index is -1.12. The Morgan fingerprint density at radius 2 is 2.12 bits per heavy atom. The van der Waals surface area contributed by atoms with Crippen molar-refractivity contribution in [3.63, 3.8) is 0 Å². The molecule has 2 aromatic rings. The molecule has 3 rings (SSSR count). The molecule has 0 aliphatic carbocycles. The van der Waals surface area contributed by atoms with Gasteiger partial charge >= 0.3 is 0 Å². The number of carbonyl (C=O) groups is 2. The van der Waals surface area contributed by atoms with Gasteiger partial charge in [0.25, 0.3) is 11.8 Å². The van der Waals surface area contributed by atoms with Crippen LogP contribution in [0.4, 0.5) is 8.78 Å². The summed E-state index contributed by atoms with van der Waals surface area (Å²) < 4.78 is 29.0. The van der Waals surface area contributed by atoms with E-state index in [9.17, 15) is 23.6 Å². The highest BCUT2D eigenvalue weighted by Crippen LogP contribution is 2.36. The molecule has 0 saturated carbocycles. The predicted molar refractivity (Wildman–Crippen MR) is 85.5 cm³/mol. The quantitative estimate of drug-likeness (QED) is 0.762. The van der Waals surface area contributed by atoms with Crippen molar-refractivity contribution in [2.24, 2.45) is 0 Å². The molecular weight excluding hydrogens is 406 g/mol. The average Bonchev–Trinajstić information content (AvgIpc) is 3.07. The summed E-state index contributed by atoms with van der Waals surface area (Å²) in [6.45, 7) is 0.940. The van der Waals surface area contributed by atoms with Crippen LogP contribution in [0.15, 0.2) is 28.1 Å². The van der Waals surface area contributed by atoms with Crippen LogP contribution in [0.1, 0.15) is 27.0 Å². The summed E-state index contributed by atoms with van der Waals surface area (Å²) in [6.07, 6.45) is -1.12. The van der Waals surface area contributed by atoms with E-state index < -0.39 is 41.7 Å². The molecule has 0 spiro atoms. The zero-order chi connectivity index (χ0) is 17.6. The maximum atomic E-state index is 14.2. The van der Waals surface area contributed by atoms with Gasteiger partial charge in [-0.05, 0) is 40.5 Å². The molecule has 1 aliphatic heterocycles. The Morgan fingerprint density at radius 3 is 2.75 bits per heavy atom. The Labute approximate surface area is 148 Å². The molecule has 1 unspecified atom stereocenters. The van der Waals surface area contributed by atoms with Crippen LogP contribution >= 0.6 is 27.3 Å². The second-order valence-electron chi connectivity index (χ2n) is 5.27. The smallest absolute Gasteiger partial charge is 0.268 e. The first kappa shape index (κ1) is 17.0. The highest BCUT2D eigenvalue weighted by molar-refractivity contribution is 9.10. The van der Waals surface area contributed by atoms with Gasteiger partial charge in [-0.1, -0.05) is 6.07 Å². The van der Waals surface area contributed by atoms with E-state index in [1.54, 1.807) is 11.4 Å². The summed E-state index contributed by atoms with van der Waals surface area (Å²) in [5.74, 6) is -3.72. The van der Waals surface area contributed by atoms with Gasteiger partial charge in [0.1, 0.15) is 23.7 Å². The lowest BCUT2D eigenvalue weighted by molar-refractivity contribution is -0.168. The molecule has 1 aliphatic rings. The van der Waals surface area contributed by atoms with Gasteiger partial charge in [-0.25, -0.2) is 8.78 Å². The van der Waals surface area contributed by atoms with Crippen LogP contribution in [0.2, 0.25) is 0 Å². The van der Waals surface area contributed by atoms with Crippen molar-refractivity contribution in [1.29, 1.82) is 0 Å². The van der Waals surface area contributed by atoms with Gasteiger partial charge in [-0.2, -0.15) is 5.06 Å². The zero-order valence-corrected chi connectivity index (χ0v) is 14.7. The van der Waals surface area contributed by atoms with E-state index in [1.165, 1.54) is 24.3 Å². The molecule has 0 bridgehead atoms. The highest BCUT2D eigenvalue weighted by Gasteiger charge is 2.43. The van der Waals surface area contributed by atoms with Crippen LogP contribution in [-0.2, 0) is 4.79 Å². The number of aryl methyl sites for hydroxylation is 1. The van der Waals surface area contributed by atoms with Crippen molar-refractivity contribution in [2.75, 3.05) is 6.54 Å². The van der Waals surface area contributed by atoms with E-state index in [1.807, 2.05) is 0 Å².